The van der Waals surface area contributed by atoms with Crippen LogP contribution in [0.4, 0.5) is 0 Å². The number of sulfonamides is 1. The highest BCUT2D eigenvalue weighted by Crippen LogP contribution is 2.17. The third kappa shape index (κ3) is 3.31. The minimum atomic E-state index is -3.59. The molecule has 1 N–H and O–H groups in total. The van der Waals surface area contributed by atoms with E-state index in [4.69, 9.17) is 4.74 Å². The van der Waals surface area contributed by atoms with E-state index in [1.54, 1.807) is 17.0 Å². The van der Waals surface area contributed by atoms with Crippen molar-refractivity contribution in [1.82, 2.24) is 9.62 Å². The molecule has 7 heteroatoms. The zero-order valence-corrected chi connectivity index (χ0v) is 13.1. The van der Waals surface area contributed by atoms with Gasteiger partial charge in [-0.25, -0.2) is 13.1 Å². The molecule has 6 nitrogen and oxygen atoms in total. The molecule has 1 amide bonds. The molecular weight excluding hydrogens is 304 g/mol. The zero-order valence-electron chi connectivity index (χ0n) is 12.3. The van der Waals surface area contributed by atoms with Crippen molar-refractivity contribution in [3.05, 3.63) is 29.8 Å². The Balaban J connectivity index is 1.70. The van der Waals surface area contributed by atoms with Crippen LogP contribution in [-0.4, -0.2) is 52.1 Å². The Labute approximate surface area is 130 Å². The molecule has 2 aliphatic heterocycles. The highest BCUT2D eigenvalue weighted by Gasteiger charge is 2.24. The third-order valence-corrected chi connectivity index (χ3v) is 5.54. The Hall–Kier alpha value is -1.44. The molecule has 1 aromatic carbocycles. The number of carbonyl (C=O) groups excluding carboxylic acids is 1. The second-order valence-corrected chi connectivity index (χ2v) is 7.52. The number of carbonyl (C=O) groups is 1. The highest BCUT2D eigenvalue weighted by atomic mass is 32.2. The number of ether oxygens (including phenoxy) is 1. The zero-order chi connectivity index (χ0) is 15.6. The topological polar surface area (TPSA) is 75.7 Å². The number of hydrogen-bond donors (Lipinski definition) is 1. The largest absolute Gasteiger partial charge is 0.381 e. The van der Waals surface area contributed by atoms with Crippen LogP contribution in [-0.2, 0) is 14.8 Å². The van der Waals surface area contributed by atoms with Crippen LogP contribution in [0.15, 0.2) is 29.2 Å². The quantitative estimate of drug-likeness (QED) is 0.871. The molecule has 120 valence electrons. The first-order valence-electron chi connectivity index (χ1n) is 7.53. The van der Waals surface area contributed by atoms with Gasteiger partial charge in [0, 0.05) is 31.8 Å². The van der Waals surface area contributed by atoms with Gasteiger partial charge in [0.1, 0.15) is 0 Å². The van der Waals surface area contributed by atoms with Crippen LogP contribution < -0.4 is 4.72 Å². The van der Waals surface area contributed by atoms with Crippen molar-refractivity contribution in [2.24, 2.45) is 5.92 Å². The number of nitrogens with one attached hydrogen (secondary N) is 1. The molecule has 2 heterocycles. The first-order chi connectivity index (χ1) is 10.6. The lowest BCUT2D eigenvalue weighted by atomic mass is 10.1. The summed E-state index contributed by atoms with van der Waals surface area (Å²) in [5.74, 6) is 0.119. The molecule has 2 fully saturated rings. The summed E-state index contributed by atoms with van der Waals surface area (Å²) in [4.78, 5) is 14.0. The van der Waals surface area contributed by atoms with Crippen molar-refractivity contribution in [3.63, 3.8) is 0 Å². The number of nitrogens with zero attached hydrogens (tertiary/aromatic N) is 1. The Kier molecular flexibility index (Phi) is 4.46. The van der Waals surface area contributed by atoms with E-state index in [0.717, 1.165) is 25.9 Å². The SMILES string of the molecule is O=C(c1cccc(S(=O)(=O)NCC2CCOC2)c1)N1CCC1. The molecule has 1 aromatic rings. The number of hydrogen-bond acceptors (Lipinski definition) is 4. The first-order valence-corrected chi connectivity index (χ1v) is 9.01. The first kappa shape index (κ1) is 15.5. The van der Waals surface area contributed by atoms with E-state index >= 15 is 0 Å². The molecule has 0 radical (unpaired) electrons. The fourth-order valence-electron chi connectivity index (χ4n) is 2.55. The summed E-state index contributed by atoms with van der Waals surface area (Å²) in [6.07, 6.45) is 1.88. The summed E-state index contributed by atoms with van der Waals surface area (Å²) in [6, 6.07) is 6.24. The molecular formula is C15H20N2O4S. The minimum Gasteiger partial charge on any atom is -0.381 e. The summed E-state index contributed by atoms with van der Waals surface area (Å²) < 4.78 is 32.5. The average molecular weight is 324 g/mol. The standard InChI is InChI=1S/C15H20N2O4S/c18-15(17-6-2-7-17)13-3-1-4-14(9-13)22(19,20)16-10-12-5-8-21-11-12/h1,3-4,9,12,16H,2,5-8,10-11H2. The van der Waals surface area contributed by atoms with Crippen LogP contribution in [0.1, 0.15) is 23.2 Å². The predicted molar refractivity (Wildman–Crippen MR) is 81.1 cm³/mol. The van der Waals surface area contributed by atoms with E-state index in [9.17, 15) is 13.2 Å². The van der Waals surface area contributed by atoms with Crippen molar-refractivity contribution < 1.29 is 17.9 Å². The Morgan fingerprint density at radius 3 is 2.82 bits per heavy atom. The minimum absolute atomic E-state index is 0.104. The van der Waals surface area contributed by atoms with Crippen LogP contribution in [0.25, 0.3) is 0 Å². The number of rotatable bonds is 5. The van der Waals surface area contributed by atoms with Crippen molar-refractivity contribution in [3.8, 4) is 0 Å². The van der Waals surface area contributed by atoms with E-state index in [-0.39, 0.29) is 16.7 Å². The summed E-state index contributed by atoms with van der Waals surface area (Å²) >= 11 is 0. The van der Waals surface area contributed by atoms with Crippen molar-refractivity contribution in [2.75, 3.05) is 32.8 Å². The molecule has 2 aliphatic rings. The van der Waals surface area contributed by atoms with Gasteiger partial charge in [-0.3, -0.25) is 4.79 Å². The van der Waals surface area contributed by atoms with Crippen molar-refractivity contribution in [2.45, 2.75) is 17.7 Å². The number of likely N-dealkylation sites (tertiary alicyclic amines) is 1. The average Bonchev–Trinajstić information content (AvgIpc) is 2.97. The predicted octanol–water partition coefficient (Wildman–Crippen LogP) is 0.847. The maximum Gasteiger partial charge on any atom is 0.253 e. The van der Waals surface area contributed by atoms with Crippen LogP contribution >= 0.6 is 0 Å². The van der Waals surface area contributed by atoms with Gasteiger partial charge >= 0.3 is 0 Å². The van der Waals surface area contributed by atoms with E-state index in [0.29, 0.717) is 25.3 Å². The van der Waals surface area contributed by atoms with Crippen LogP contribution in [0, 0.1) is 5.92 Å². The molecule has 1 atom stereocenters. The molecule has 0 spiro atoms. The lowest BCUT2D eigenvalue weighted by Crippen LogP contribution is -2.42. The Morgan fingerprint density at radius 1 is 1.36 bits per heavy atom. The van der Waals surface area contributed by atoms with E-state index in [1.165, 1.54) is 12.1 Å². The molecule has 0 aliphatic carbocycles. The van der Waals surface area contributed by atoms with Crippen molar-refractivity contribution in [1.29, 1.82) is 0 Å². The van der Waals surface area contributed by atoms with Gasteiger partial charge in [0.15, 0.2) is 0 Å². The van der Waals surface area contributed by atoms with Gasteiger partial charge in [0.05, 0.1) is 11.5 Å². The second kappa shape index (κ2) is 6.36. The monoisotopic (exact) mass is 324 g/mol. The van der Waals surface area contributed by atoms with E-state index in [2.05, 4.69) is 4.72 Å². The van der Waals surface area contributed by atoms with Gasteiger partial charge in [-0.2, -0.15) is 0 Å². The van der Waals surface area contributed by atoms with Crippen LogP contribution in [0.5, 0.6) is 0 Å². The number of benzene rings is 1. The third-order valence-electron chi connectivity index (χ3n) is 4.12. The summed E-state index contributed by atoms with van der Waals surface area (Å²) in [5.41, 5.74) is 0.423. The number of amides is 1. The second-order valence-electron chi connectivity index (χ2n) is 5.76. The van der Waals surface area contributed by atoms with E-state index in [1.807, 2.05) is 0 Å². The normalized spacial score (nSPS) is 21.6. The van der Waals surface area contributed by atoms with Crippen LogP contribution in [0.3, 0.4) is 0 Å². The summed E-state index contributed by atoms with van der Waals surface area (Å²) in [5, 5.41) is 0. The molecule has 0 aromatic heterocycles. The maximum atomic E-state index is 12.3. The molecule has 1 unspecified atom stereocenters. The Bertz CT molecular complexity index is 649. The molecule has 0 saturated carbocycles. The van der Waals surface area contributed by atoms with Gasteiger partial charge in [0.2, 0.25) is 10.0 Å². The van der Waals surface area contributed by atoms with Gasteiger partial charge in [0.25, 0.3) is 5.91 Å². The van der Waals surface area contributed by atoms with E-state index < -0.39 is 10.0 Å². The van der Waals surface area contributed by atoms with Gasteiger partial charge in [-0.05, 0) is 37.0 Å². The van der Waals surface area contributed by atoms with Gasteiger partial charge < -0.3 is 9.64 Å². The summed E-state index contributed by atoms with van der Waals surface area (Å²) in [7, 11) is -3.59. The molecule has 0 bridgehead atoms. The molecule has 3 rings (SSSR count). The maximum absolute atomic E-state index is 12.3. The highest BCUT2D eigenvalue weighted by molar-refractivity contribution is 7.89. The van der Waals surface area contributed by atoms with Crippen LogP contribution in [0.2, 0.25) is 0 Å². The van der Waals surface area contributed by atoms with Gasteiger partial charge in [-0.1, -0.05) is 6.07 Å². The smallest absolute Gasteiger partial charge is 0.253 e. The fraction of sp³-hybridized carbons (Fsp3) is 0.533. The van der Waals surface area contributed by atoms with Crippen molar-refractivity contribution >= 4 is 15.9 Å². The lowest BCUT2D eigenvalue weighted by molar-refractivity contribution is 0.0651. The molecule has 2 saturated heterocycles. The summed E-state index contributed by atoms with van der Waals surface area (Å²) in [6.45, 7) is 3.14. The fourth-order valence-corrected chi connectivity index (χ4v) is 3.72. The lowest BCUT2D eigenvalue weighted by Gasteiger charge is -2.31. The Morgan fingerprint density at radius 2 is 2.18 bits per heavy atom. The van der Waals surface area contributed by atoms with Gasteiger partial charge in [-0.15, -0.1) is 0 Å². The molecule has 22 heavy (non-hydrogen) atoms.